The molecule has 1 aromatic carbocycles. The summed E-state index contributed by atoms with van der Waals surface area (Å²) in [6, 6.07) is 6.41. The van der Waals surface area contributed by atoms with Gasteiger partial charge in [0, 0.05) is 16.6 Å². The average molecular weight is 341 g/mol. The summed E-state index contributed by atoms with van der Waals surface area (Å²) >= 11 is 3.30. The molecule has 0 aliphatic carbocycles. The summed E-state index contributed by atoms with van der Waals surface area (Å²) in [5.74, 6) is -0.732. The van der Waals surface area contributed by atoms with Crippen molar-refractivity contribution in [1.29, 1.82) is 0 Å². The normalized spacial score (nSPS) is 17.6. The molecule has 20 heavy (non-hydrogen) atoms. The third-order valence-corrected chi connectivity index (χ3v) is 3.36. The highest BCUT2D eigenvalue weighted by molar-refractivity contribution is 9.10. The number of esters is 1. The van der Waals surface area contributed by atoms with Gasteiger partial charge in [-0.1, -0.05) is 15.9 Å². The summed E-state index contributed by atoms with van der Waals surface area (Å²) in [5, 5.41) is 5.15. The maximum Gasteiger partial charge on any atom is 0.415 e. The van der Waals surface area contributed by atoms with Crippen LogP contribution in [-0.4, -0.2) is 30.6 Å². The molecule has 1 atom stereocenters. The van der Waals surface area contributed by atoms with Crippen molar-refractivity contribution >= 4 is 33.9 Å². The fourth-order valence-electron chi connectivity index (χ4n) is 1.79. The molecule has 0 saturated carbocycles. The van der Waals surface area contributed by atoms with E-state index in [0.717, 1.165) is 4.47 Å². The number of rotatable bonds is 5. The zero-order chi connectivity index (χ0) is 14.5. The molecule has 0 aromatic heterocycles. The molecule has 1 aromatic rings. The molecule has 1 aliphatic heterocycles. The fourth-order valence-corrected chi connectivity index (χ4v) is 2.06. The van der Waals surface area contributed by atoms with Crippen LogP contribution < -0.4 is 10.6 Å². The standard InChI is InChI=1S/C13H13BrN2O4/c14-9-5-3-8(4-6-9)11(17)15-7-1-2-10-12(18)20-13(19)16-10/h3-6,10H,1-2,7H2,(H,15,17)(H,16,19). The first kappa shape index (κ1) is 14.5. The number of amides is 2. The Balaban J connectivity index is 1.71. The molecule has 6 nitrogen and oxygen atoms in total. The Labute approximate surface area is 124 Å². The minimum Gasteiger partial charge on any atom is -0.375 e. The van der Waals surface area contributed by atoms with Crippen molar-refractivity contribution in [3.05, 3.63) is 34.3 Å². The fraction of sp³-hybridized carbons (Fsp3) is 0.308. The van der Waals surface area contributed by atoms with E-state index in [0.29, 0.717) is 24.9 Å². The second-order valence-corrected chi connectivity index (χ2v) is 5.23. The van der Waals surface area contributed by atoms with Crippen LogP contribution in [0.25, 0.3) is 0 Å². The Morgan fingerprint density at radius 2 is 2.00 bits per heavy atom. The van der Waals surface area contributed by atoms with Crippen molar-refractivity contribution in [2.45, 2.75) is 18.9 Å². The van der Waals surface area contributed by atoms with E-state index in [2.05, 4.69) is 31.3 Å². The summed E-state index contributed by atoms with van der Waals surface area (Å²) in [5.41, 5.74) is 0.571. The van der Waals surface area contributed by atoms with Gasteiger partial charge in [-0.15, -0.1) is 0 Å². The van der Waals surface area contributed by atoms with Gasteiger partial charge in [0.1, 0.15) is 6.04 Å². The first-order chi connectivity index (χ1) is 9.56. The van der Waals surface area contributed by atoms with Crippen LogP contribution in [0.4, 0.5) is 4.79 Å². The minimum atomic E-state index is -0.709. The lowest BCUT2D eigenvalue weighted by Crippen LogP contribution is -2.31. The van der Waals surface area contributed by atoms with Crippen molar-refractivity contribution in [3.8, 4) is 0 Å². The lowest BCUT2D eigenvalue weighted by atomic mass is 10.1. The predicted molar refractivity (Wildman–Crippen MR) is 74.1 cm³/mol. The maximum atomic E-state index is 11.8. The van der Waals surface area contributed by atoms with E-state index in [1.807, 2.05) is 0 Å². The Bertz CT molecular complexity index is 530. The topological polar surface area (TPSA) is 84.5 Å². The monoisotopic (exact) mass is 340 g/mol. The Morgan fingerprint density at radius 1 is 1.30 bits per heavy atom. The summed E-state index contributed by atoms with van der Waals surface area (Å²) in [7, 11) is 0. The highest BCUT2D eigenvalue weighted by Gasteiger charge is 2.31. The van der Waals surface area contributed by atoms with Gasteiger partial charge in [-0.3, -0.25) is 4.79 Å². The molecule has 0 radical (unpaired) electrons. The van der Waals surface area contributed by atoms with E-state index >= 15 is 0 Å². The number of halogens is 1. The maximum absolute atomic E-state index is 11.8. The largest absolute Gasteiger partial charge is 0.415 e. The van der Waals surface area contributed by atoms with Crippen LogP contribution in [0.3, 0.4) is 0 Å². The summed E-state index contributed by atoms with van der Waals surface area (Å²) < 4.78 is 5.26. The second-order valence-electron chi connectivity index (χ2n) is 4.31. The molecule has 1 fully saturated rings. The van der Waals surface area contributed by atoms with Gasteiger partial charge in [0.25, 0.3) is 5.91 Å². The first-order valence-corrected chi connectivity index (χ1v) is 6.91. The van der Waals surface area contributed by atoms with Crippen molar-refractivity contribution in [2.75, 3.05) is 6.54 Å². The lowest BCUT2D eigenvalue weighted by molar-refractivity contribution is -0.135. The molecule has 7 heteroatoms. The number of cyclic esters (lactones) is 2. The van der Waals surface area contributed by atoms with Gasteiger partial charge < -0.3 is 15.4 Å². The van der Waals surface area contributed by atoms with Crippen LogP contribution in [-0.2, 0) is 9.53 Å². The number of nitrogens with one attached hydrogen (secondary N) is 2. The van der Waals surface area contributed by atoms with Crippen molar-refractivity contribution < 1.29 is 19.1 Å². The van der Waals surface area contributed by atoms with Gasteiger partial charge in [0.15, 0.2) is 0 Å². The number of carbonyl (C=O) groups is 3. The Morgan fingerprint density at radius 3 is 2.60 bits per heavy atom. The quantitative estimate of drug-likeness (QED) is 0.484. The van der Waals surface area contributed by atoms with Gasteiger partial charge in [-0.25, -0.2) is 9.59 Å². The SMILES string of the molecule is O=C1NC(CCCNC(=O)c2ccc(Br)cc2)C(=O)O1. The lowest BCUT2D eigenvalue weighted by Gasteiger charge is -2.07. The molecule has 106 valence electrons. The Hall–Kier alpha value is -1.89. The molecule has 0 spiro atoms. The minimum absolute atomic E-state index is 0.171. The van der Waals surface area contributed by atoms with Gasteiger partial charge in [-0.05, 0) is 37.1 Å². The number of ether oxygens (including phenoxy) is 1. The zero-order valence-corrected chi connectivity index (χ0v) is 12.1. The van der Waals surface area contributed by atoms with E-state index in [-0.39, 0.29) is 5.91 Å². The van der Waals surface area contributed by atoms with Gasteiger partial charge in [0.05, 0.1) is 0 Å². The molecular formula is C13H13BrN2O4. The highest BCUT2D eigenvalue weighted by Crippen LogP contribution is 2.10. The van der Waals surface area contributed by atoms with Crippen molar-refractivity contribution in [3.63, 3.8) is 0 Å². The molecule has 0 bridgehead atoms. The van der Waals surface area contributed by atoms with Crippen molar-refractivity contribution in [1.82, 2.24) is 10.6 Å². The van der Waals surface area contributed by atoms with Crippen LogP contribution in [0.15, 0.2) is 28.7 Å². The second kappa shape index (κ2) is 6.51. The summed E-state index contributed by atoms with van der Waals surface area (Å²) in [6.45, 7) is 0.425. The average Bonchev–Trinajstić information content (AvgIpc) is 2.73. The van der Waals surface area contributed by atoms with E-state index in [4.69, 9.17) is 0 Å². The number of carbonyl (C=O) groups excluding carboxylic acids is 3. The summed E-state index contributed by atoms with van der Waals surface area (Å²) in [4.78, 5) is 33.7. The molecule has 1 unspecified atom stereocenters. The van der Waals surface area contributed by atoms with E-state index in [1.54, 1.807) is 24.3 Å². The summed E-state index contributed by atoms with van der Waals surface area (Å²) in [6.07, 6.45) is 0.298. The third-order valence-electron chi connectivity index (χ3n) is 2.83. The molecule has 1 heterocycles. The molecule has 2 amide bonds. The van der Waals surface area contributed by atoms with Gasteiger partial charge in [0.2, 0.25) is 0 Å². The predicted octanol–water partition coefficient (Wildman–Crippen LogP) is 1.59. The van der Waals surface area contributed by atoms with Crippen LogP contribution in [0.1, 0.15) is 23.2 Å². The number of hydrogen-bond acceptors (Lipinski definition) is 4. The van der Waals surface area contributed by atoms with Crippen LogP contribution >= 0.6 is 15.9 Å². The molecule has 1 aliphatic rings. The van der Waals surface area contributed by atoms with E-state index < -0.39 is 18.1 Å². The van der Waals surface area contributed by atoms with Crippen LogP contribution in [0, 0.1) is 0 Å². The van der Waals surface area contributed by atoms with Crippen molar-refractivity contribution in [2.24, 2.45) is 0 Å². The van der Waals surface area contributed by atoms with E-state index in [1.165, 1.54) is 0 Å². The number of alkyl carbamates (subject to hydrolysis) is 1. The number of benzene rings is 1. The molecular weight excluding hydrogens is 328 g/mol. The third kappa shape index (κ3) is 3.80. The smallest absolute Gasteiger partial charge is 0.375 e. The molecule has 1 saturated heterocycles. The van der Waals surface area contributed by atoms with Gasteiger partial charge >= 0.3 is 12.1 Å². The number of hydrogen-bond donors (Lipinski definition) is 2. The first-order valence-electron chi connectivity index (χ1n) is 6.12. The Kier molecular flexibility index (Phi) is 4.73. The van der Waals surface area contributed by atoms with E-state index in [9.17, 15) is 14.4 Å². The van der Waals surface area contributed by atoms with Gasteiger partial charge in [-0.2, -0.15) is 0 Å². The molecule has 2 rings (SSSR count). The van der Waals surface area contributed by atoms with Crippen LogP contribution in [0.2, 0.25) is 0 Å². The highest BCUT2D eigenvalue weighted by atomic mass is 79.9. The zero-order valence-electron chi connectivity index (χ0n) is 10.5. The van der Waals surface area contributed by atoms with Crippen LogP contribution in [0.5, 0.6) is 0 Å². The molecule has 2 N–H and O–H groups in total.